The number of carbonyl (C=O) groups is 1. The maximum atomic E-state index is 11.6. The molecule has 0 atom stereocenters. The fourth-order valence-corrected chi connectivity index (χ4v) is 2.34. The van der Waals surface area contributed by atoms with Crippen molar-refractivity contribution in [1.29, 1.82) is 5.26 Å². The van der Waals surface area contributed by atoms with E-state index in [2.05, 4.69) is 0 Å². The predicted molar refractivity (Wildman–Crippen MR) is 84.2 cm³/mol. The number of benzene rings is 1. The van der Waals surface area contributed by atoms with Crippen LogP contribution in [0.5, 0.6) is 0 Å². The van der Waals surface area contributed by atoms with Gasteiger partial charge >= 0.3 is 5.97 Å². The van der Waals surface area contributed by atoms with Crippen LogP contribution in [0.3, 0.4) is 0 Å². The number of furan rings is 1. The van der Waals surface area contributed by atoms with Gasteiger partial charge in [-0.2, -0.15) is 13.7 Å². The molecule has 0 radical (unpaired) electrons. The van der Waals surface area contributed by atoms with Crippen LogP contribution in [0.4, 0.5) is 0 Å². The van der Waals surface area contributed by atoms with Crippen molar-refractivity contribution >= 4 is 22.2 Å². The Balaban J connectivity index is 2.28. The van der Waals surface area contributed by atoms with Crippen LogP contribution in [0, 0.1) is 11.3 Å². The van der Waals surface area contributed by atoms with E-state index >= 15 is 0 Å². The summed E-state index contributed by atoms with van der Waals surface area (Å²) < 4.78 is 41.2. The van der Waals surface area contributed by atoms with Crippen LogP contribution in [0.25, 0.3) is 17.4 Å². The van der Waals surface area contributed by atoms with Gasteiger partial charge in [0.2, 0.25) is 0 Å². The Morgan fingerprint density at radius 3 is 2.50 bits per heavy atom. The predicted octanol–water partition coefficient (Wildman–Crippen LogP) is 2.66. The number of hydrogen-bond acceptors (Lipinski definition) is 6. The highest BCUT2D eigenvalue weighted by Crippen LogP contribution is 2.24. The quantitative estimate of drug-likeness (QED) is 0.382. The van der Waals surface area contributed by atoms with Crippen LogP contribution in [-0.2, 0) is 19.6 Å². The molecule has 1 aromatic carbocycles. The van der Waals surface area contributed by atoms with Gasteiger partial charge in [-0.05, 0) is 43.3 Å². The molecule has 0 unspecified atom stereocenters. The molecular weight excluding hydrogens is 334 g/mol. The molecule has 7 nitrogen and oxygen atoms in total. The van der Waals surface area contributed by atoms with Crippen molar-refractivity contribution in [3.63, 3.8) is 0 Å². The summed E-state index contributed by atoms with van der Waals surface area (Å²) >= 11 is 0. The van der Waals surface area contributed by atoms with E-state index in [1.54, 1.807) is 25.1 Å². The van der Waals surface area contributed by atoms with Crippen LogP contribution in [0.2, 0.25) is 0 Å². The summed E-state index contributed by atoms with van der Waals surface area (Å²) in [7, 11) is -4.26. The van der Waals surface area contributed by atoms with E-state index in [-0.39, 0.29) is 22.8 Å². The van der Waals surface area contributed by atoms with E-state index in [4.69, 9.17) is 19.0 Å². The van der Waals surface area contributed by atoms with E-state index in [0.717, 1.165) is 0 Å². The number of nitrogens with zero attached hydrogens (tertiary/aromatic N) is 1. The Hall–Kier alpha value is -2.89. The van der Waals surface area contributed by atoms with Crippen LogP contribution in [-0.4, -0.2) is 25.5 Å². The first kappa shape index (κ1) is 17.5. The van der Waals surface area contributed by atoms with Gasteiger partial charge in [0.15, 0.2) is 0 Å². The fourth-order valence-electron chi connectivity index (χ4n) is 1.86. The van der Waals surface area contributed by atoms with Gasteiger partial charge in [0.25, 0.3) is 10.1 Å². The highest BCUT2D eigenvalue weighted by atomic mass is 32.2. The Morgan fingerprint density at radius 2 is 1.96 bits per heavy atom. The van der Waals surface area contributed by atoms with Crippen LogP contribution in [0.15, 0.2) is 51.3 Å². The lowest BCUT2D eigenvalue weighted by atomic mass is 10.2. The largest absolute Gasteiger partial charge is 0.462 e. The normalized spacial score (nSPS) is 11.8. The second kappa shape index (κ2) is 7.12. The van der Waals surface area contributed by atoms with Gasteiger partial charge in [-0.1, -0.05) is 0 Å². The van der Waals surface area contributed by atoms with E-state index in [9.17, 15) is 13.2 Å². The topological polar surface area (TPSA) is 118 Å². The maximum Gasteiger partial charge on any atom is 0.349 e. The van der Waals surface area contributed by atoms with Gasteiger partial charge in [-0.15, -0.1) is 0 Å². The Bertz CT molecular complexity index is 916. The SMILES string of the molecule is CCOC(=O)/C(C#N)=C\c1ccc(-c2ccc(S(=O)(=O)O)cc2)o1. The standard InChI is InChI=1S/C16H13NO6S/c1-2-22-16(18)12(10-17)9-13-5-8-15(23-13)11-3-6-14(7-4-11)24(19,20)21/h3-9H,2H2,1H3,(H,19,20,21)/b12-9-. The third-order valence-electron chi connectivity index (χ3n) is 2.97. The number of rotatable bonds is 5. The van der Waals surface area contributed by atoms with Gasteiger partial charge in [0.05, 0.1) is 11.5 Å². The molecule has 0 spiro atoms. The minimum absolute atomic E-state index is 0.154. The summed E-state index contributed by atoms with van der Waals surface area (Å²) in [5.41, 5.74) is 0.371. The molecule has 0 fully saturated rings. The third kappa shape index (κ3) is 4.10. The summed E-state index contributed by atoms with van der Waals surface area (Å²) in [5, 5.41) is 8.97. The molecule has 0 saturated heterocycles. The number of nitriles is 1. The molecule has 1 aromatic heterocycles. The summed E-state index contributed by atoms with van der Waals surface area (Å²) in [6, 6.07) is 10.3. The average Bonchev–Trinajstić information content (AvgIpc) is 3.00. The number of carbonyl (C=O) groups excluding carboxylic acids is 1. The Kier molecular flexibility index (Phi) is 5.18. The fraction of sp³-hybridized carbons (Fsp3) is 0.125. The number of hydrogen-bond donors (Lipinski definition) is 1. The summed E-state index contributed by atoms with van der Waals surface area (Å²) in [4.78, 5) is 11.3. The van der Waals surface area contributed by atoms with Crippen molar-refractivity contribution in [2.75, 3.05) is 6.61 Å². The second-order valence-electron chi connectivity index (χ2n) is 4.59. The molecule has 124 valence electrons. The van der Waals surface area contributed by atoms with E-state index in [1.807, 2.05) is 0 Å². The van der Waals surface area contributed by atoms with E-state index < -0.39 is 16.1 Å². The molecule has 1 heterocycles. The lowest BCUT2D eigenvalue weighted by Gasteiger charge is -2.00. The minimum Gasteiger partial charge on any atom is -0.462 e. The Labute approximate surface area is 138 Å². The zero-order valence-corrected chi connectivity index (χ0v) is 13.4. The van der Waals surface area contributed by atoms with Gasteiger partial charge in [0, 0.05) is 11.6 Å². The minimum atomic E-state index is -4.26. The first-order valence-corrected chi connectivity index (χ1v) is 8.26. The van der Waals surface area contributed by atoms with Crippen molar-refractivity contribution in [1.82, 2.24) is 0 Å². The maximum absolute atomic E-state index is 11.6. The highest BCUT2D eigenvalue weighted by Gasteiger charge is 2.13. The molecule has 0 aliphatic heterocycles. The molecule has 2 rings (SSSR count). The third-order valence-corrected chi connectivity index (χ3v) is 3.83. The molecule has 8 heteroatoms. The first-order valence-electron chi connectivity index (χ1n) is 6.82. The lowest BCUT2D eigenvalue weighted by molar-refractivity contribution is -0.137. The van der Waals surface area contributed by atoms with Gasteiger partial charge in [0.1, 0.15) is 23.2 Å². The van der Waals surface area contributed by atoms with Crippen molar-refractivity contribution in [2.45, 2.75) is 11.8 Å². The molecule has 24 heavy (non-hydrogen) atoms. The number of ether oxygens (including phenoxy) is 1. The van der Waals surface area contributed by atoms with Gasteiger partial charge in [-0.3, -0.25) is 4.55 Å². The average molecular weight is 347 g/mol. The lowest BCUT2D eigenvalue weighted by Crippen LogP contribution is -2.05. The Morgan fingerprint density at radius 1 is 1.29 bits per heavy atom. The zero-order valence-electron chi connectivity index (χ0n) is 12.6. The molecular formula is C16H13NO6S. The van der Waals surface area contributed by atoms with Crippen molar-refractivity contribution in [3.8, 4) is 17.4 Å². The van der Waals surface area contributed by atoms with Crippen molar-refractivity contribution in [3.05, 3.63) is 47.7 Å². The zero-order chi connectivity index (χ0) is 17.7. The van der Waals surface area contributed by atoms with E-state index in [1.165, 1.54) is 30.3 Å². The molecule has 0 amide bonds. The monoisotopic (exact) mass is 347 g/mol. The summed E-state index contributed by atoms with van der Waals surface area (Å²) in [6.45, 7) is 1.79. The molecule has 0 bridgehead atoms. The van der Waals surface area contributed by atoms with Crippen LogP contribution < -0.4 is 0 Å². The van der Waals surface area contributed by atoms with Crippen molar-refractivity contribution in [2.24, 2.45) is 0 Å². The number of esters is 1. The molecule has 0 saturated carbocycles. The van der Waals surface area contributed by atoms with Crippen molar-refractivity contribution < 1.29 is 26.9 Å². The second-order valence-corrected chi connectivity index (χ2v) is 6.01. The molecule has 1 N–H and O–H groups in total. The summed E-state index contributed by atoms with van der Waals surface area (Å²) in [5.74, 6) is -0.0619. The van der Waals surface area contributed by atoms with Gasteiger partial charge in [-0.25, -0.2) is 4.79 Å². The molecule has 0 aliphatic carbocycles. The summed E-state index contributed by atoms with van der Waals surface area (Å²) in [6.07, 6.45) is 1.26. The first-order chi connectivity index (χ1) is 11.3. The van der Waals surface area contributed by atoms with Crippen LogP contribution >= 0.6 is 0 Å². The van der Waals surface area contributed by atoms with Crippen LogP contribution in [0.1, 0.15) is 12.7 Å². The van der Waals surface area contributed by atoms with E-state index in [0.29, 0.717) is 11.3 Å². The molecule has 0 aliphatic rings. The van der Waals surface area contributed by atoms with Gasteiger partial charge < -0.3 is 9.15 Å². The highest BCUT2D eigenvalue weighted by molar-refractivity contribution is 7.85. The molecule has 2 aromatic rings. The smallest absolute Gasteiger partial charge is 0.349 e.